The van der Waals surface area contributed by atoms with Gasteiger partial charge in [-0.25, -0.2) is 9.59 Å². The van der Waals surface area contributed by atoms with Gasteiger partial charge in [-0.1, -0.05) is 115 Å². The van der Waals surface area contributed by atoms with Crippen LogP contribution in [0.15, 0.2) is 104 Å². The number of hydrogen-bond donors (Lipinski definition) is 1. The van der Waals surface area contributed by atoms with Crippen molar-refractivity contribution < 1.29 is 19.1 Å². The fraction of sp³-hybridized carbons (Fsp3) is 0.314. The van der Waals surface area contributed by atoms with E-state index in [1.165, 1.54) is 6.08 Å². The molecular formula is C35H38N2O4S. The van der Waals surface area contributed by atoms with Crippen LogP contribution in [0.25, 0.3) is 0 Å². The molecule has 6 nitrogen and oxygen atoms in total. The Kier molecular flexibility index (Phi) is 10.4. The van der Waals surface area contributed by atoms with Crippen LogP contribution < -0.4 is 5.32 Å². The first kappa shape index (κ1) is 30.8. The van der Waals surface area contributed by atoms with E-state index < -0.39 is 22.5 Å². The molecule has 0 radical (unpaired) electrons. The summed E-state index contributed by atoms with van der Waals surface area (Å²) in [5.41, 5.74) is 2.84. The van der Waals surface area contributed by atoms with Gasteiger partial charge in [0, 0.05) is 11.8 Å². The Morgan fingerprint density at radius 3 is 1.95 bits per heavy atom. The SMILES string of the molecule is C=CCOC(=O)NCC#C[C@@H]1C[C@H](SC(c2ccccc2)(c2ccccc2)c2ccccc2)CN1C(=O)OC(C)(C)C. The van der Waals surface area contributed by atoms with E-state index in [-0.39, 0.29) is 24.4 Å². The number of likely N-dealkylation sites (tertiary alicyclic amines) is 1. The van der Waals surface area contributed by atoms with E-state index in [0.29, 0.717) is 13.0 Å². The van der Waals surface area contributed by atoms with Crippen LogP contribution in [-0.4, -0.2) is 53.7 Å². The summed E-state index contributed by atoms with van der Waals surface area (Å²) < 4.78 is 10.2. The van der Waals surface area contributed by atoms with E-state index in [9.17, 15) is 9.59 Å². The molecule has 3 aromatic rings. The summed E-state index contributed by atoms with van der Waals surface area (Å²) in [4.78, 5) is 26.9. The quantitative estimate of drug-likeness (QED) is 0.176. The second kappa shape index (κ2) is 14.2. The molecule has 1 saturated heterocycles. The molecule has 0 unspecified atom stereocenters. The minimum Gasteiger partial charge on any atom is -0.445 e. The largest absolute Gasteiger partial charge is 0.445 e. The average Bonchev–Trinajstić information content (AvgIpc) is 3.40. The van der Waals surface area contributed by atoms with E-state index in [0.717, 1.165) is 16.7 Å². The zero-order valence-electron chi connectivity index (χ0n) is 24.4. The molecule has 0 saturated carbocycles. The Morgan fingerprint density at radius 1 is 0.952 bits per heavy atom. The second-order valence-electron chi connectivity index (χ2n) is 11.0. The van der Waals surface area contributed by atoms with Crippen LogP contribution in [0, 0.1) is 11.8 Å². The first-order valence-corrected chi connectivity index (χ1v) is 14.9. The van der Waals surface area contributed by atoms with E-state index in [2.05, 4.69) is 96.5 Å². The zero-order chi connectivity index (χ0) is 30.0. The minimum atomic E-state index is -0.640. The van der Waals surface area contributed by atoms with Crippen molar-refractivity contribution in [3.05, 3.63) is 120 Å². The third-order valence-electron chi connectivity index (χ3n) is 6.70. The Morgan fingerprint density at radius 2 is 1.48 bits per heavy atom. The molecule has 0 bridgehead atoms. The van der Waals surface area contributed by atoms with Gasteiger partial charge < -0.3 is 14.8 Å². The van der Waals surface area contributed by atoms with Crippen molar-refractivity contribution >= 4 is 23.9 Å². The van der Waals surface area contributed by atoms with Crippen molar-refractivity contribution in [1.29, 1.82) is 0 Å². The standard InChI is InChI=1S/C35H38N2O4S/c1-5-24-40-32(38)36-23-15-22-30-25-31(26-37(30)33(39)41-34(2,3)4)42-35(27-16-9-6-10-17-27,28-18-11-7-12-19-28)29-20-13-8-14-21-29/h5-14,16-21,30-31H,1,23-26H2,2-4H3,(H,36,38)/t30-,31+/m1/s1. The third kappa shape index (κ3) is 7.77. The number of carbonyl (C=O) groups is 2. The highest BCUT2D eigenvalue weighted by Crippen LogP contribution is 2.52. The van der Waals surface area contributed by atoms with Crippen molar-refractivity contribution in [1.82, 2.24) is 10.2 Å². The van der Waals surface area contributed by atoms with Crippen LogP contribution in [0.1, 0.15) is 43.9 Å². The van der Waals surface area contributed by atoms with Crippen molar-refractivity contribution in [2.24, 2.45) is 0 Å². The number of nitrogens with one attached hydrogen (secondary N) is 1. The lowest BCUT2D eigenvalue weighted by molar-refractivity contribution is 0.0261. The number of nitrogens with zero attached hydrogens (tertiary/aromatic N) is 1. The first-order valence-electron chi connectivity index (χ1n) is 14.1. The highest BCUT2D eigenvalue weighted by atomic mass is 32.2. The zero-order valence-corrected chi connectivity index (χ0v) is 25.2. The number of carbonyl (C=O) groups excluding carboxylic acids is 2. The van der Waals surface area contributed by atoms with Crippen LogP contribution in [0.5, 0.6) is 0 Å². The number of benzene rings is 3. The molecule has 42 heavy (non-hydrogen) atoms. The molecule has 0 spiro atoms. The lowest BCUT2D eigenvalue weighted by Crippen LogP contribution is -2.40. The number of rotatable bonds is 8. The molecular weight excluding hydrogens is 544 g/mol. The van der Waals surface area contributed by atoms with E-state index in [1.807, 2.05) is 50.7 Å². The van der Waals surface area contributed by atoms with Gasteiger partial charge in [0.05, 0.1) is 17.3 Å². The molecule has 2 amide bonds. The molecule has 1 fully saturated rings. The van der Waals surface area contributed by atoms with Gasteiger partial charge in [-0.15, -0.1) is 11.8 Å². The molecule has 1 N–H and O–H groups in total. The predicted molar refractivity (Wildman–Crippen MR) is 169 cm³/mol. The van der Waals surface area contributed by atoms with E-state index in [1.54, 1.807) is 4.90 Å². The van der Waals surface area contributed by atoms with Crippen LogP contribution in [0.3, 0.4) is 0 Å². The second-order valence-corrected chi connectivity index (χ2v) is 12.5. The van der Waals surface area contributed by atoms with Crippen molar-refractivity contribution in [3.63, 3.8) is 0 Å². The summed E-state index contributed by atoms with van der Waals surface area (Å²) in [6.07, 6.45) is 1.19. The molecule has 0 aliphatic carbocycles. The van der Waals surface area contributed by atoms with Gasteiger partial charge in [0.15, 0.2) is 0 Å². The lowest BCUT2D eigenvalue weighted by Gasteiger charge is -2.37. The average molecular weight is 583 g/mol. The van der Waals surface area contributed by atoms with Crippen LogP contribution in [0.2, 0.25) is 0 Å². The molecule has 1 heterocycles. The van der Waals surface area contributed by atoms with Gasteiger partial charge in [-0.05, 0) is 43.9 Å². The molecule has 0 aromatic heterocycles. The fourth-order valence-corrected chi connectivity index (χ4v) is 6.82. The number of hydrogen-bond acceptors (Lipinski definition) is 5. The number of ether oxygens (including phenoxy) is 2. The summed E-state index contributed by atoms with van der Waals surface area (Å²) in [6.45, 7) is 9.82. The maximum absolute atomic E-state index is 13.4. The van der Waals surface area contributed by atoms with Gasteiger partial charge >= 0.3 is 12.2 Å². The minimum absolute atomic E-state index is 0.0444. The smallest absolute Gasteiger partial charge is 0.411 e. The maximum Gasteiger partial charge on any atom is 0.411 e. The monoisotopic (exact) mass is 582 g/mol. The van der Waals surface area contributed by atoms with Crippen LogP contribution in [0.4, 0.5) is 9.59 Å². The van der Waals surface area contributed by atoms with E-state index in [4.69, 9.17) is 9.47 Å². The molecule has 7 heteroatoms. The Bertz CT molecular complexity index is 1300. The Hall–Kier alpha value is -4.15. The summed E-state index contributed by atoms with van der Waals surface area (Å²) >= 11 is 1.84. The number of thioether (sulfide) groups is 1. The van der Waals surface area contributed by atoms with Gasteiger partial charge in [-0.2, -0.15) is 0 Å². The van der Waals surface area contributed by atoms with Gasteiger partial charge in [0.2, 0.25) is 0 Å². The van der Waals surface area contributed by atoms with Crippen molar-refractivity contribution in [2.75, 3.05) is 19.7 Å². The van der Waals surface area contributed by atoms with Crippen LogP contribution >= 0.6 is 11.8 Å². The normalized spacial score (nSPS) is 16.6. The van der Waals surface area contributed by atoms with Crippen LogP contribution in [-0.2, 0) is 14.2 Å². The molecule has 1 aliphatic rings. The summed E-state index contributed by atoms with van der Waals surface area (Å²) in [5.74, 6) is 6.23. The third-order valence-corrected chi connectivity index (χ3v) is 8.43. The summed E-state index contributed by atoms with van der Waals surface area (Å²) in [7, 11) is 0. The maximum atomic E-state index is 13.4. The summed E-state index contributed by atoms with van der Waals surface area (Å²) in [6, 6.07) is 31.1. The summed E-state index contributed by atoms with van der Waals surface area (Å²) in [5, 5.41) is 2.66. The van der Waals surface area contributed by atoms with Gasteiger partial charge in [-0.3, -0.25) is 4.90 Å². The van der Waals surface area contributed by atoms with Crippen molar-refractivity contribution in [3.8, 4) is 11.8 Å². The number of alkyl carbamates (subject to hydrolysis) is 1. The Balaban J connectivity index is 1.68. The lowest BCUT2D eigenvalue weighted by atomic mass is 9.84. The Labute approximate surface area is 253 Å². The molecule has 218 valence electrons. The molecule has 3 aromatic carbocycles. The van der Waals surface area contributed by atoms with Crippen molar-refractivity contribution in [2.45, 2.75) is 48.8 Å². The van der Waals surface area contributed by atoms with E-state index >= 15 is 0 Å². The first-order chi connectivity index (χ1) is 20.2. The highest BCUT2D eigenvalue weighted by molar-refractivity contribution is 8.01. The van der Waals surface area contributed by atoms with Gasteiger partial charge in [0.1, 0.15) is 12.2 Å². The predicted octanol–water partition coefficient (Wildman–Crippen LogP) is 7.01. The molecule has 4 rings (SSSR count). The fourth-order valence-electron chi connectivity index (χ4n) is 4.99. The highest BCUT2D eigenvalue weighted by Gasteiger charge is 2.44. The topological polar surface area (TPSA) is 67.9 Å². The molecule has 2 atom stereocenters. The van der Waals surface area contributed by atoms with Gasteiger partial charge in [0.25, 0.3) is 0 Å². The molecule has 1 aliphatic heterocycles. The number of amides is 2.